The summed E-state index contributed by atoms with van der Waals surface area (Å²) in [6, 6.07) is 8.77. The average molecular weight is 351 g/mol. The molecule has 0 aliphatic rings. The minimum absolute atomic E-state index is 0.348. The Bertz CT molecular complexity index is 565. The van der Waals surface area contributed by atoms with Crippen molar-refractivity contribution in [3.63, 3.8) is 0 Å². The fourth-order valence-electron chi connectivity index (χ4n) is 2.59. The van der Waals surface area contributed by atoms with Gasteiger partial charge in [-0.15, -0.1) is 0 Å². The zero-order valence-corrected chi connectivity index (χ0v) is 14.5. The normalized spacial score (nSPS) is 12.8. The van der Waals surface area contributed by atoms with Crippen LogP contribution in [0, 0.1) is 5.92 Å². The van der Waals surface area contributed by atoms with Gasteiger partial charge in [0.1, 0.15) is 12.2 Å². The Morgan fingerprint density at radius 2 is 2.00 bits per heavy atom. The molecule has 4 nitrogen and oxygen atoms in total. The summed E-state index contributed by atoms with van der Waals surface area (Å²) in [5, 5.41) is 7.63. The quantitative estimate of drug-likeness (QED) is 0.833. The molecule has 5 heteroatoms. The summed E-state index contributed by atoms with van der Waals surface area (Å²) in [4.78, 5) is 4.44. The Kier molecular flexibility index (Phi) is 5.94. The molecule has 1 atom stereocenters. The van der Waals surface area contributed by atoms with Gasteiger partial charge in [-0.25, -0.2) is 9.67 Å². The lowest BCUT2D eigenvalue weighted by Crippen LogP contribution is -2.24. The van der Waals surface area contributed by atoms with Crippen molar-refractivity contribution < 1.29 is 0 Å². The number of hydrogen-bond donors (Lipinski definition) is 1. The third-order valence-corrected chi connectivity index (χ3v) is 4.34. The van der Waals surface area contributed by atoms with Crippen LogP contribution in [0.4, 0.5) is 0 Å². The third kappa shape index (κ3) is 4.38. The first-order valence-electron chi connectivity index (χ1n) is 7.38. The molecule has 0 amide bonds. The number of nitrogens with one attached hydrogen (secondary N) is 1. The highest BCUT2D eigenvalue weighted by Crippen LogP contribution is 2.21. The number of nitrogens with zero attached hydrogens (tertiary/aromatic N) is 3. The maximum Gasteiger partial charge on any atom is 0.138 e. The van der Waals surface area contributed by atoms with Gasteiger partial charge in [0.25, 0.3) is 0 Å². The smallest absolute Gasteiger partial charge is 0.138 e. The Balaban J connectivity index is 2.12. The van der Waals surface area contributed by atoms with E-state index in [4.69, 9.17) is 0 Å². The van der Waals surface area contributed by atoms with Crippen molar-refractivity contribution in [3.8, 4) is 0 Å². The summed E-state index contributed by atoms with van der Waals surface area (Å²) in [7, 11) is 2.00. The summed E-state index contributed by atoms with van der Waals surface area (Å²) in [6.45, 7) is 5.24. The van der Waals surface area contributed by atoms with E-state index >= 15 is 0 Å². The molecule has 2 aromatic rings. The van der Waals surface area contributed by atoms with E-state index in [9.17, 15) is 0 Å². The Labute approximate surface area is 135 Å². The first kappa shape index (κ1) is 16.2. The number of rotatable bonds is 7. The van der Waals surface area contributed by atoms with Gasteiger partial charge in [0.15, 0.2) is 0 Å². The topological polar surface area (TPSA) is 42.7 Å². The van der Waals surface area contributed by atoms with Crippen molar-refractivity contribution in [2.75, 3.05) is 13.6 Å². The first-order valence-corrected chi connectivity index (χ1v) is 8.17. The molecule has 0 fully saturated rings. The van der Waals surface area contributed by atoms with Crippen LogP contribution in [0.3, 0.4) is 0 Å². The van der Waals surface area contributed by atoms with Crippen LogP contribution < -0.4 is 5.32 Å². The minimum Gasteiger partial charge on any atom is -0.319 e. The second-order valence-electron chi connectivity index (χ2n) is 5.64. The largest absolute Gasteiger partial charge is 0.319 e. The first-order chi connectivity index (χ1) is 10.1. The molecule has 0 saturated carbocycles. The molecule has 0 spiro atoms. The molecule has 0 saturated heterocycles. The second-order valence-corrected chi connectivity index (χ2v) is 6.49. The van der Waals surface area contributed by atoms with Gasteiger partial charge < -0.3 is 5.32 Å². The van der Waals surface area contributed by atoms with E-state index in [-0.39, 0.29) is 0 Å². The zero-order chi connectivity index (χ0) is 15.2. The van der Waals surface area contributed by atoms with Crippen molar-refractivity contribution in [1.29, 1.82) is 0 Å². The van der Waals surface area contributed by atoms with E-state index in [1.54, 1.807) is 6.33 Å². The van der Waals surface area contributed by atoms with Crippen LogP contribution >= 0.6 is 15.9 Å². The monoisotopic (exact) mass is 350 g/mol. The Morgan fingerprint density at radius 3 is 2.67 bits per heavy atom. The highest BCUT2D eigenvalue weighted by atomic mass is 79.9. The van der Waals surface area contributed by atoms with Crippen molar-refractivity contribution >= 4 is 15.9 Å². The molecule has 0 aliphatic carbocycles. The van der Waals surface area contributed by atoms with Gasteiger partial charge in [0, 0.05) is 16.9 Å². The molecule has 0 aliphatic heterocycles. The van der Waals surface area contributed by atoms with Gasteiger partial charge >= 0.3 is 0 Å². The second kappa shape index (κ2) is 7.71. The summed E-state index contributed by atoms with van der Waals surface area (Å²) in [5.41, 5.74) is 1.34. The zero-order valence-electron chi connectivity index (χ0n) is 12.9. The number of benzene rings is 1. The maximum atomic E-state index is 4.44. The lowest BCUT2D eigenvalue weighted by atomic mass is 9.95. The molecule has 0 bridgehead atoms. The molecule has 21 heavy (non-hydrogen) atoms. The van der Waals surface area contributed by atoms with E-state index in [0.29, 0.717) is 12.0 Å². The minimum atomic E-state index is 0.348. The maximum absolute atomic E-state index is 4.44. The predicted octanol–water partition coefficient (Wildman–Crippen LogP) is 3.24. The van der Waals surface area contributed by atoms with Gasteiger partial charge in [0.2, 0.25) is 0 Å². The summed E-state index contributed by atoms with van der Waals surface area (Å²) in [5.74, 6) is 1.56. The van der Waals surface area contributed by atoms with Gasteiger partial charge in [0.05, 0.1) is 0 Å². The molecular weight excluding hydrogens is 328 g/mol. The van der Waals surface area contributed by atoms with E-state index in [2.05, 4.69) is 69.4 Å². The van der Waals surface area contributed by atoms with E-state index in [1.807, 2.05) is 11.7 Å². The SMILES string of the molecule is CNCC(Cc1ccccc1Br)Cc1ncnn1C(C)C. The van der Waals surface area contributed by atoms with Gasteiger partial charge in [-0.3, -0.25) is 0 Å². The van der Waals surface area contributed by atoms with Crippen molar-refractivity contribution in [2.45, 2.75) is 32.7 Å². The molecule has 0 radical (unpaired) electrons. The highest BCUT2D eigenvalue weighted by Gasteiger charge is 2.16. The number of hydrogen-bond acceptors (Lipinski definition) is 3. The lowest BCUT2D eigenvalue weighted by Gasteiger charge is -2.18. The molecule has 1 N–H and O–H groups in total. The van der Waals surface area contributed by atoms with Crippen LogP contribution in [0.15, 0.2) is 35.1 Å². The predicted molar refractivity (Wildman–Crippen MR) is 89.4 cm³/mol. The van der Waals surface area contributed by atoms with Crippen LogP contribution in [-0.2, 0) is 12.8 Å². The molecule has 1 aromatic carbocycles. The lowest BCUT2D eigenvalue weighted by molar-refractivity contribution is 0.440. The average Bonchev–Trinajstić information content (AvgIpc) is 2.90. The number of aromatic nitrogens is 3. The van der Waals surface area contributed by atoms with Gasteiger partial charge in [-0.1, -0.05) is 34.1 Å². The van der Waals surface area contributed by atoms with Crippen LogP contribution in [0.2, 0.25) is 0 Å². The number of halogens is 1. The van der Waals surface area contributed by atoms with Gasteiger partial charge in [-0.05, 0) is 51.4 Å². The summed E-state index contributed by atoms with van der Waals surface area (Å²) < 4.78 is 3.19. The van der Waals surface area contributed by atoms with Crippen molar-refractivity contribution in [2.24, 2.45) is 5.92 Å². The van der Waals surface area contributed by atoms with E-state index in [1.165, 1.54) is 10.0 Å². The molecular formula is C16H23BrN4. The van der Waals surface area contributed by atoms with E-state index < -0.39 is 0 Å². The van der Waals surface area contributed by atoms with E-state index in [0.717, 1.165) is 25.2 Å². The Hall–Kier alpha value is -1.20. The fourth-order valence-corrected chi connectivity index (χ4v) is 3.04. The van der Waals surface area contributed by atoms with Crippen LogP contribution in [0.1, 0.15) is 31.3 Å². The van der Waals surface area contributed by atoms with Crippen LogP contribution in [0.5, 0.6) is 0 Å². The molecule has 1 heterocycles. The fraction of sp³-hybridized carbons (Fsp3) is 0.500. The standard InChI is InChI=1S/C16H23BrN4/c1-12(2)21-16(19-11-20-21)9-13(10-18-3)8-14-6-4-5-7-15(14)17/h4-7,11-13,18H,8-10H2,1-3H3. The Morgan fingerprint density at radius 1 is 1.24 bits per heavy atom. The van der Waals surface area contributed by atoms with Crippen LogP contribution in [0.25, 0.3) is 0 Å². The van der Waals surface area contributed by atoms with Crippen LogP contribution in [-0.4, -0.2) is 28.4 Å². The third-order valence-electron chi connectivity index (χ3n) is 3.57. The van der Waals surface area contributed by atoms with Gasteiger partial charge in [-0.2, -0.15) is 5.10 Å². The summed E-state index contributed by atoms with van der Waals surface area (Å²) >= 11 is 3.64. The van der Waals surface area contributed by atoms with Crippen molar-refractivity contribution in [3.05, 3.63) is 46.5 Å². The van der Waals surface area contributed by atoms with Crippen molar-refractivity contribution in [1.82, 2.24) is 20.1 Å². The molecule has 1 aromatic heterocycles. The molecule has 2 rings (SSSR count). The molecule has 1 unspecified atom stereocenters. The molecule has 114 valence electrons. The summed E-state index contributed by atoms with van der Waals surface area (Å²) in [6.07, 6.45) is 3.61. The highest BCUT2D eigenvalue weighted by molar-refractivity contribution is 9.10.